The minimum absolute atomic E-state index is 0.130. The first kappa shape index (κ1) is 19.8. The van der Waals surface area contributed by atoms with E-state index in [1.54, 1.807) is 20.2 Å². The van der Waals surface area contributed by atoms with Crippen molar-refractivity contribution >= 4 is 17.6 Å². The fourth-order valence-corrected chi connectivity index (χ4v) is 3.06. The number of nitrogens with one attached hydrogen (secondary N) is 3. The molecule has 6 heteroatoms. The summed E-state index contributed by atoms with van der Waals surface area (Å²) in [5, 5.41) is 9.21. The molecule has 0 aromatic heterocycles. The van der Waals surface area contributed by atoms with Crippen LogP contribution >= 0.6 is 0 Å². The van der Waals surface area contributed by atoms with Crippen molar-refractivity contribution < 1.29 is 9.53 Å². The number of carbonyl (C=O) groups excluding carboxylic acids is 1. The molecule has 1 aromatic carbocycles. The topological polar surface area (TPSA) is 74.8 Å². The van der Waals surface area contributed by atoms with Gasteiger partial charge in [0.25, 0.3) is 0 Å². The molecular weight excluding hydrogens is 328 g/mol. The maximum atomic E-state index is 12.1. The second kappa shape index (κ2) is 9.83. The molecule has 0 unspecified atom stereocenters. The zero-order valence-corrected chi connectivity index (χ0v) is 15.6. The molecule has 1 amide bonds. The molecule has 1 aliphatic carbocycles. The summed E-state index contributed by atoms with van der Waals surface area (Å²) in [5.74, 6) is 3.02. The van der Waals surface area contributed by atoms with Gasteiger partial charge in [-0.25, -0.2) is 0 Å². The molecule has 26 heavy (non-hydrogen) atoms. The first-order chi connectivity index (χ1) is 12.6. The van der Waals surface area contributed by atoms with E-state index < -0.39 is 0 Å². The van der Waals surface area contributed by atoms with E-state index >= 15 is 0 Å². The number of rotatable bonds is 8. The Hall–Kier alpha value is -2.52. The van der Waals surface area contributed by atoms with E-state index in [9.17, 15) is 4.79 Å². The molecule has 0 saturated heterocycles. The average molecular weight is 356 g/mol. The molecule has 1 fully saturated rings. The van der Waals surface area contributed by atoms with Crippen LogP contribution in [0, 0.1) is 17.8 Å². The van der Waals surface area contributed by atoms with Crippen molar-refractivity contribution in [2.24, 2.45) is 10.4 Å². The summed E-state index contributed by atoms with van der Waals surface area (Å²) in [7, 11) is 3.43. The summed E-state index contributed by atoms with van der Waals surface area (Å²) in [6.07, 6.45) is 10.1. The molecule has 2 rings (SSSR count). The van der Waals surface area contributed by atoms with E-state index in [0.29, 0.717) is 11.6 Å². The molecule has 0 heterocycles. The van der Waals surface area contributed by atoms with Crippen molar-refractivity contribution in [3.8, 4) is 12.3 Å². The number of hydrogen-bond donors (Lipinski definition) is 3. The van der Waals surface area contributed by atoms with Crippen LogP contribution in [0.4, 0.5) is 5.69 Å². The molecule has 1 aromatic rings. The Bertz CT molecular complexity index is 675. The zero-order chi connectivity index (χ0) is 18.8. The monoisotopic (exact) mass is 356 g/mol. The molecule has 0 spiro atoms. The van der Waals surface area contributed by atoms with Crippen LogP contribution < -0.4 is 16.0 Å². The highest BCUT2D eigenvalue weighted by molar-refractivity contribution is 5.95. The lowest BCUT2D eigenvalue weighted by Gasteiger charge is -2.42. The smallest absolute Gasteiger partial charge is 0.243 e. The Kier molecular flexibility index (Phi) is 7.49. The Morgan fingerprint density at radius 2 is 2.19 bits per heavy atom. The number of anilines is 1. The predicted octanol–water partition coefficient (Wildman–Crippen LogP) is 1.98. The van der Waals surface area contributed by atoms with Gasteiger partial charge in [-0.2, -0.15) is 0 Å². The Morgan fingerprint density at radius 3 is 2.81 bits per heavy atom. The predicted molar refractivity (Wildman–Crippen MR) is 105 cm³/mol. The highest BCUT2D eigenvalue weighted by Crippen LogP contribution is 2.43. The van der Waals surface area contributed by atoms with E-state index in [1.165, 1.54) is 19.3 Å². The van der Waals surface area contributed by atoms with Crippen molar-refractivity contribution in [3.63, 3.8) is 0 Å². The van der Waals surface area contributed by atoms with Crippen molar-refractivity contribution in [1.29, 1.82) is 0 Å². The number of amides is 1. The van der Waals surface area contributed by atoms with Gasteiger partial charge >= 0.3 is 0 Å². The Balaban J connectivity index is 1.77. The summed E-state index contributed by atoms with van der Waals surface area (Å²) in [4.78, 5) is 16.3. The molecule has 0 atom stereocenters. The molecule has 0 bridgehead atoms. The van der Waals surface area contributed by atoms with Gasteiger partial charge in [0.1, 0.15) is 0 Å². The van der Waals surface area contributed by atoms with E-state index in [2.05, 4.69) is 26.9 Å². The summed E-state index contributed by atoms with van der Waals surface area (Å²) in [5.41, 5.74) is 1.70. The van der Waals surface area contributed by atoms with Gasteiger partial charge in [0, 0.05) is 38.6 Å². The van der Waals surface area contributed by atoms with Crippen LogP contribution in [0.15, 0.2) is 29.3 Å². The number of guanidine groups is 1. The molecule has 1 saturated carbocycles. The lowest BCUT2D eigenvalue weighted by Crippen LogP contribution is -2.48. The quantitative estimate of drug-likeness (QED) is 0.378. The Labute approximate surface area is 155 Å². The third kappa shape index (κ3) is 5.78. The number of terminal acetylenes is 1. The van der Waals surface area contributed by atoms with Crippen LogP contribution in [0.2, 0.25) is 0 Å². The molecule has 140 valence electrons. The molecule has 6 nitrogen and oxygen atoms in total. The Morgan fingerprint density at radius 1 is 1.38 bits per heavy atom. The highest BCUT2D eigenvalue weighted by atomic mass is 16.5. The average Bonchev–Trinajstić information content (AvgIpc) is 2.63. The zero-order valence-electron chi connectivity index (χ0n) is 15.6. The SMILES string of the molecule is C#Cc1cccc(NC(=O)CNC(=NC)NCC2(CCOC)CCC2)c1. The number of aliphatic imine (C=N–C) groups is 1. The lowest BCUT2D eigenvalue weighted by molar-refractivity contribution is -0.115. The molecule has 1 aliphatic rings. The van der Waals surface area contributed by atoms with Gasteiger partial charge in [-0.3, -0.25) is 9.79 Å². The molecule has 0 radical (unpaired) electrons. The highest BCUT2D eigenvalue weighted by Gasteiger charge is 2.36. The van der Waals surface area contributed by atoms with Crippen LogP contribution in [-0.2, 0) is 9.53 Å². The van der Waals surface area contributed by atoms with Crippen LogP contribution in [0.1, 0.15) is 31.2 Å². The van der Waals surface area contributed by atoms with Gasteiger partial charge in [0.05, 0.1) is 6.54 Å². The van der Waals surface area contributed by atoms with Crippen LogP contribution in [0.25, 0.3) is 0 Å². The van der Waals surface area contributed by atoms with E-state index in [4.69, 9.17) is 11.2 Å². The number of ether oxygens (including phenoxy) is 1. The second-order valence-corrected chi connectivity index (χ2v) is 6.65. The minimum atomic E-state index is -0.153. The maximum absolute atomic E-state index is 12.1. The van der Waals surface area contributed by atoms with Crippen LogP contribution in [0.3, 0.4) is 0 Å². The van der Waals surface area contributed by atoms with Crippen molar-refractivity contribution in [2.45, 2.75) is 25.7 Å². The van der Waals surface area contributed by atoms with Crippen molar-refractivity contribution in [2.75, 3.05) is 39.2 Å². The molecule has 0 aliphatic heterocycles. The van der Waals surface area contributed by atoms with Gasteiger partial charge in [-0.15, -0.1) is 6.42 Å². The molecule has 3 N–H and O–H groups in total. The normalized spacial score (nSPS) is 15.5. The first-order valence-corrected chi connectivity index (χ1v) is 8.91. The summed E-state index contributed by atoms with van der Waals surface area (Å²) in [6, 6.07) is 7.21. The van der Waals surface area contributed by atoms with Gasteiger partial charge in [-0.05, 0) is 42.9 Å². The van der Waals surface area contributed by atoms with Crippen molar-refractivity contribution in [1.82, 2.24) is 10.6 Å². The standard InChI is InChI=1S/C20H28N4O2/c1-4-16-7-5-8-17(13-16)24-18(25)14-22-19(21-2)23-15-20(9-6-10-20)11-12-26-3/h1,5,7-8,13H,6,9-12,14-15H2,2-3H3,(H,24,25)(H2,21,22,23). The van der Waals surface area contributed by atoms with Crippen molar-refractivity contribution in [3.05, 3.63) is 29.8 Å². The summed E-state index contributed by atoms with van der Waals surface area (Å²) in [6.45, 7) is 1.74. The van der Waals surface area contributed by atoms with Crippen LogP contribution in [0.5, 0.6) is 0 Å². The van der Waals surface area contributed by atoms with Gasteiger partial charge in [-0.1, -0.05) is 18.4 Å². The number of nitrogens with zero attached hydrogens (tertiary/aromatic N) is 1. The fraction of sp³-hybridized carbons (Fsp3) is 0.500. The van der Waals surface area contributed by atoms with Gasteiger partial charge in [0.2, 0.25) is 5.91 Å². The summed E-state index contributed by atoms with van der Waals surface area (Å²) < 4.78 is 5.22. The van der Waals surface area contributed by atoms with E-state index in [0.717, 1.165) is 25.1 Å². The number of carbonyl (C=O) groups is 1. The van der Waals surface area contributed by atoms with E-state index in [1.807, 2.05) is 18.2 Å². The molecular formula is C20H28N4O2. The number of benzene rings is 1. The van der Waals surface area contributed by atoms with Crippen LogP contribution in [-0.4, -0.2) is 45.7 Å². The lowest BCUT2D eigenvalue weighted by atomic mass is 9.67. The third-order valence-electron chi connectivity index (χ3n) is 4.83. The number of hydrogen-bond acceptors (Lipinski definition) is 3. The van der Waals surface area contributed by atoms with Gasteiger partial charge in [0.15, 0.2) is 5.96 Å². The first-order valence-electron chi connectivity index (χ1n) is 8.91. The number of methoxy groups -OCH3 is 1. The minimum Gasteiger partial charge on any atom is -0.385 e. The third-order valence-corrected chi connectivity index (χ3v) is 4.83. The second-order valence-electron chi connectivity index (χ2n) is 6.65. The van der Waals surface area contributed by atoms with Gasteiger partial charge < -0.3 is 20.7 Å². The van der Waals surface area contributed by atoms with E-state index in [-0.39, 0.29) is 17.9 Å². The summed E-state index contributed by atoms with van der Waals surface area (Å²) >= 11 is 0. The largest absolute Gasteiger partial charge is 0.385 e. The fourth-order valence-electron chi connectivity index (χ4n) is 3.06. The maximum Gasteiger partial charge on any atom is 0.243 e.